The van der Waals surface area contributed by atoms with Crippen LogP contribution >= 0.6 is 0 Å². The number of H-pyrrole nitrogens is 1. The maximum atomic E-state index is 11.9. The molecule has 0 aliphatic carbocycles. The van der Waals surface area contributed by atoms with Crippen LogP contribution in [0.2, 0.25) is 0 Å². The second kappa shape index (κ2) is 4.86. The summed E-state index contributed by atoms with van der Waals surface area (Å²) in [5.74, 6) is -0.952. The maximum absolute atomic E-state index is 11.9. The van der Waals surface area contributed by atoms with E-state index in [-0.39, 0.29) is 0 Å². The molecular weight excluding hydrogens is 224 g/mol. The summed E-state index contributed by atoms with van der Waals surface area (Å²) in [6.45, 7) is 0.473. The highest BCUT2D eigenvalue weighted by Crippen LogP contribution is 2.18. The lowest BCUT2D eigenvalue weighted by Crippen LogP contribution is -2.49. The molecule has 3 N–H and O–H groups in total. The Bertz CT molecular complexity index is 404. The first-order valence-corrected chi connectivity index (χ1v) is 5.47. The molecule has 0 radical (unpaired) electrons. The fraction of sp³-hybridized carbons (Fsp3) is 0.500. The number of urea groups is 1. The average Bonchev–Trinajstić information content (AvgIpc) is 2.81. The quantitative estimate of drug-likeness (QED) is 0.712. The van der Waals surface area contributed by atoms with Gasteiger partial charge in [0.2, 0.25) is 0 Å². The number of piperidine rings is 1. The summed E-state index contributed by atoms with van der Waals surface area (Å²) in [6.07, 6.45) is 5.19. The third kappa shape index (κ3) is 2.55. The fourth-order valence-electron chi connectivity index (χ4n) is 1.95. The number of aromatic nitrogens is 2. The van der Waals surface area contributed by atoms with Gasteiger partial charge >= 0.3 is 12.0 Å². The van der Waals surface area contributed by atoms with Gasteiger partial charge < -0.3 is 15.3 Å². The number of aromatic amines is 1. The van der Waals surface area contributed by atoms with Crippen LogP contribution in [0.3, 0.4) is 0 Å². The Balaban J connectivity index is 2.03. The predicted molar refractivity (Wildman–Crippen MR) is 59.6 cm³/mol. The second-order valence-corrected chi connectivity index (χ2v) is 3.96. The van der Waals surface area contributed by atoms with Crippen molar-refractivity contribution >= 4 is 17.7 Å². The number of carboxylic acid groups (broad SMARTS) is 1. The summed E-state index contributed by atoms with van der Waals surface area (Å²) >= 11 is 0. The van der Waals surface area contributed by atoms with E-state index < -0.39 is 18.0 Å². The molecule has 2 amide bonds. The first-order valence-electron chi connectivity index (χ1n) is 5.47. The van der Waals surface area contributed by atoms with Gasteiger partial charge in [-0.1, -0.05) is 0 Å². The number of carboxylic acids is 1. The van der Waals surface area contributed by atoms with E-state index in [0.717, 1.165) is 12.8 Å². The van der Waals surface area contributed by atoms with Crippen LogP contribution in [-0.2, 0) is 4.79 Å². The number of nitrogens with zero attached hydrogens (tertiary/aromatic N) is 2. The van der Waals surface area contributed by atoms with E-state index in [9.17, 15) is 9.59 Å². The van der Waals surface area contributed by atoms with Gasteiger partial charge in [0.1, 0.15) is 6.04 Å². The molecule has 1 saturated heterocycles. The lowest BCUT2D eigenvalue weighted by atomic mass is 10.0. The third-order valence-electron chi connectivity index (χ3n) is 2.80. The molecule has 17 heavy (non-hydrogen) atoms. The molecule has 1 unspecified atom stereocenters. The molecule has 1 aromatic heterocycles. The van der Waals surface area contributed by atoms with E-state index in [0.29, 0.717) is 18.7 Å². The van der Waals surface area contributed by atoms with Crippen LogP contribution in [0.15, 0.2) is 12.4 Å². The minimum absolute atomic E-state index is 0.390. The van der Waals surface area contributed by atoms with Crippen molar-refractivity contribution in [1.82, 2.24) is 15.1 Å². The van der Waals surface area contributed by atoms with E-state index in [1.54, 1.807) is 0 Å². The number of hydrogen-bond donors (Lipinski definition) is 3. The van der Waals surface area contributed by atoms with Crippen molar-refractivity contribution in [2.75, 3.05) is 11.9 Å². The molecule has 1 fully saturated rings. The van der Waals surface area contributed by atoms with Gasteiger partial charge in [-0.2, -0.15) is 5.10 Å². The summed E-state index contributed by atoms with van der Waals surface area (Å²) in [4.78, 5) is 24.3. The number of aliphatic carboxylic acids is 1. The standard InChI is InChI=1S/C10H14N4O3/c15-9(16)8-3-1-2-4-14(8)10(17)13-7-5-11-12-6-7/h5-6,8H,1-4H2,(H,11,12)(H,13,17)(H,15,16). The minimum Gasteiger partial charge on any atom is -0.480 e. The molecule has 1 aromatic rings. The molecule has 1 aliphatic heterocycles. The Labute approximate surface area is 97.8 Å². The van der Waals surface area contributed by atoms with Crippen LogP contribution in [0.5, 0.6) is 0 Å². The van der Waals surface area contributed by atoms with Crippen LogP contribution in [0, 0.1) is 0 Å². The first-order chi connectivity index (χ1) is 8.18. The number of likely N-dealkylation sites (tertiary alicyclic amines) is 1. The Morgan fingerprint density at radius 1 is 1.53 bits per heavy atom. The second-order valence-electron chi connectivity index (χ2n) is 3.96. The molecule has 2 heterocycles. The molecule has 1 atom stereocenters. The van der Waals surface area contributed by atoms with Crippen molar-refractivity contribution in [3.05, 3.63) is 12.4 Å². The SMILES string of the molecule is O=C(O)C1CCCCN1C(=O)Nc1cn[nH]c1. The van der Waals surface area contributed by atoms with Gasteiger partial charge in [-0.15, -0.1) is 0 Å². The smallest absolute Gasteiger partial charge is 0.326 e. The zero-order valence-corrected chi connectivity index (χ0v) is 9.22. The van der Waals surface area contributed by atoms with Crippen molar-refractivity contribution in [2.45, 2.75) is 25.3 Å². The van der Waals surface area contributed by atoms with Gasteiger partial charge in [-0.05, 0) is 19.3 Å². The first kappa shape index (κ1) is 11.4. The number of carbonyl (C=O) groups is 2. The normalized spacial score (nSPS) is 20.0. The molecule has 92 valence electrons. The van der Waals surface area contributed by atoms with Crippen LogP contribution < -0.4 is 5.32 Å². The highest BCUT2D eigenvalue weighted by molar-refractivity contribution is 5.92. The van der Waals surface area contributed by atoms with E-state index >= 15 is 0 Å². The number of nitrogens with one attached hydrogen (secondary N) is 2. The highest BCUT2D eigenvalue weighted by atomic mass is 16.4. The van der Waals surface area contributed by atoms with Gasteiger partial charge in [-0.3, -0.25) is 5.10 Å². The van der Waals surface area contributed by atoms with Crippen molar-refractivity contribution in [1.29, 1.82) is 0 Å². The number of rotatable bonds is 2. The van der Waals surface area contributed by atoms with Crippen LogP contribution in [0.25, 0.3) is 0 Å². The molecule has 2 rings (SSSR count). The molecular formula is C10H14N4O3. The lowest BCUT2D eigenvalue weighted by Gasteiger charge is -2.32. The number of hydrogen-bond acceptors (Lipinski definition) is 3. The number of carbonyl (C=O) groups excluding carboxylic acids is 1. The number of anilines is 1. The van der Waals surface area contributed by atoms with Gasteiger partial charge in [-0.25, -0.2) is 9.59 Å². The summed E-state index contributed by atoms with van der Waals surface area (Å²) in [5, 5.41) is 17.9. The van der Waals surface area contributed by atoms with E-state index in [1.807, 2.05) is 0 Å². The lowest BCUT2D eigenvalue weighted by molar-refractivity contribution is -0.143. The van der Waals surface area contributed by atoms with E-state index in [1.165, 1.54) is 17.3 Å². The summed E-state index contributed by atoms with van der Waals surface area (Å²) < 4.78 is 0. The zero-order chi connectivity index (χ0) is 12.3. The highest BCUT2D eigenvalue weighted by Gasteiger charge is 2.31. The largest absolute Gasteiger partial charge is 0.480 e. The topological polar surface area (TPSA) is 98.3 Å². The van der Waals surface area contributed by atoms with Crippen molar-refractivity contribution in [2.24, 2.45) is 0 Å². The van der Waals surface area contributed by atoms with Crippen LogP contribution in [0.4, 0.5) is 10.5 Å². The van der Waals surface area contributed by atoms with Crippen molar-refractivity contribution < 1.29 is 14.7 Å². The molecule has 7 heteroatoms. The number of amides is 2. The van der Waals surface area contributed by atoms with E-state index in [4.69, 9.17) is 5.11 Å². The van der Waals surface area contributed by atoms with Gasteiger partial charge in [0.05, 0.1) is 11.9 Å². The van der Waals surface area contributed by atoms with Gasteiger partial charge in [0, 0.05) is 12.7 Å². The molecule has 0 aromatic carbocycles. The average molecular weight is 238 g/mol. The summed E-state index contributed by atoms with van der Waals surface area (Å²) in [6, 6.07) is -1.12. The Morgan fingerprint density at radius 2 is 2.35 bits per heavy atom. The fourth-order valence-corrected chi connectivity index (χ4v) is 1.95. The molecule has 0 saturated carbocycles. The van der Waals surface area contributed by atoms with Crippen molar-refractivity contribution in [3.63, 3.8) is 0 Å². The van der Waals surface area contributed by atoms with Crippen LogP contribution in [-0.4, -0.2) is 44.8 Å². The predicted octanol–water partition coefficient (Wildman–Crippen LogP) is 0.881. The molecule has 0 spiro atoms. The Kier molecular flexibility index (Phi) is 3.27. The van der Waals surface area contributed by atoms with Gasteiger partial charge in [0.15, 0.2) is 0 Å². The Morgan fingerprint density at radius 3 is 3.00 bits per heavy atom. The van der Waals surface area contributed by atoms with E-state index in [2.05, 4.69) is 15.5 Å². The molecule has 0 bridgehead atoms. The zero-order valence-electron chi connectivity index (χ0n) is 9.22. The maximum Gasteiger partial charge on any atom is 0.326 e. The van der Waals surface area contributed by atoms with Gasteiger partial charge in [0.25, 0.3) is 0 Å². The minimum atomic E-state index is -0.952. The third-order valence-corrected chi connectivity index (χ3v) is 2.80. The summed E-state index contributed by atoms with van der Waals surface area (Å²) in [5.41, 5.74) is 0.532. The summed E-state index contributed by atoms with van der Waals surface area (Å²) in [7, 11) is 0. The molecule has 1 aliphatic rings. The van der Waals surface area contributed by atoms with Crippen molar-refractivity contribution in [3.8, 4) is 0 Å². The van der Waals surface area contributed by atoms with Crippen LogP contribution in [0.1, 0.15) is 19.3 Å². The monoisotopic (exact) mass is 238 g/mol. The molecule has 7 nitrogen and oxygen atoms in total. The Hall–Kier alpha value is -2.05.